The van der Waals surface area contributed by atoms with Crippen molar-refractivity contribution in [1.29, 1.82) is 0 Å². The molecule has 5 nitrogen and oxygen atoms in total. The minimum Gasteiger partial charge on any atom is -0.392 e. The molecule has 0 aromatic heterocycles. The second-order valence-electron chi connectivity index (χ2n) is 10.6. The molecule has 4 rings (SSSR count). The number of aliphatic hydroxyl groups excluding tert-OH is 1. The lowest BCUT2D eigenvalue weighted by Gasteiger charge is -2.29. The van der Waals surface area contributed by atoms with E-state index in [1.54, 1.807) is 0 Å². The van der Waals surface area contributed by atoms with Crippen LogP contribution in [-0.4, -0.2) is 49.7 Å². The third kappa shape index (κ3) is 7.58. The van der Waals surface area contributed by atoms with Crippen LogP contribution in [0, 0.1) is 47.4 Å². The summed E-state index contributed by atoms with van der Waals surface area (Å²) in [4.78, 5) is 0. The van der Waals surface area contributed by atoms with Crippen molar-refractivity contribution in [3.8, 4) is 23.7 Å². The Labute approximate surface area is 212 Å². The van der Waals surface area contributed by atoms with E-state index in [9.17, 15) is 5.11 Å². The SMILES string of the molecule is CCC#CCC(C)[C@@H](C#C[C@@H]1[C@H]2C/C(=C\CO)C[C@H]2C[C@H]1OC1CCCCO1)OC1CCCCO1. The highest BCUT2D eigenvalue weighted by Crippen LogP contribution is 2.51. The minimum atomic E-state index is -0.205. The van der Waals surface area contributed by atoms with Crippen molar-refractivity contribution in [2.75, 3.05) is 19.8 Å². The molecule has 0 amide bonds. The van der Waals surface area contributed by atoms with Gasteiger partial charge in [-0.15, -0.1) is 11.8 Å². The van der Waals surface area contributed by atoms with Crippen LogP contribution in [0.15, 0.2) is 11.6 Å². The van der Waals surface area contributed by atoms with Gasteiger partial charge in [0.1, 0.15) is 6.10 Å². The quantitative estimate of drug-likeness (QED) is 0.397. The van der Waals surface area contributed by atoms with Crippen LogP contribution in [-0.2, 0) is 18.9 Å². The second kappa shape index (κ2) is 13.8. The summed E-state index contributed by atoms with van der Waals surface area (Å²) in [5.74, 6) is 15.1. The van der Waals surface area contributed by atoms with Gasteiger partial charge in [-0.1, -0.05) is 37.3 Å². The number of ether oxygens (including phenoxy) is 4. The van der Waals surface area contributed by atoms with Crippen molar-refractivity contribution in [2.45, 2.75) is 109 Å². The van der Waals surface area contributed by atoms with Crippen molar-refractivity contribution in [2.24, 2.45) is 23.7 Å². The molecule has 3 unspecified atom stereocenters. The van der Waals surface area contributed by atoms with E-state index in [1.807, 2.05) is 6.08 Å². The van der Waals surface area contributed by atoms with Gasteiger partial charge >= 0.3 is 0 Å². The number of fused-ring (bicyclic) bond motifs is 1. The van der Waals surface area contributed by atoms with Crippen molar-refractivity contribution in [3.63, 3.8) is 0 Å². The molecule has 4 aliphatic rings. The summed E-state index contributed by atoms with van der Waals surface area (Å²) >= 11 is 0. The van der Waals surface area contributed by atoms with Gasteiger partial charge in [0, 0.05) is 32.0 Å². The molecule has 0 aromatic carbocycles. The summed E-state index contributed by atoms with van der Waals surface area (Å²) < 4.78 is 24.8. The van der Waals surface area contributed by atoms with E-state index >= 15 is 0 Å². The van der Waals surface area contributed by atoms with Crippen molar-refractivity contribution in [1.82, 2.24) is 0 Å². The first-order valence-electron chi connectivity index (χ1n) is 14.0. The Morgan fingerprint density at radius 1 is 1.06 bits per heavy atom. The average Bonchev–Trinajstić information content (AvgIpc) is 3.40. The number of hydrogen-bond donors (Lipinski definition) is 1. The van der Waals surface area contributed by atoms with Crippen LogP contribution in [0.2, 0.25) is 0 Å². The molecule has 194 valence electrons. The van der Waals surface area contributed by atoms with E-state index in [4.69, 9.17) is 18.9 Å². The van der Waals surface area contributed by atoms with Gasteiger partial charge in [0.25, 0.3) is 0 Å². The summed E-state index contributed by atoms with van der Waals surface area (Å²) in [6.45, 7) is 5.94. The topological polar surface area (TPSA) is 57.2 Å². The Morgan fingerprint density at radius 3 is 2.51 bits per heavy atom. The van der Waals surface area contributed by atoms with Gasteiger partial charge in [-0.05, 0) is 69.6 Å². The Morgan fingerprint density at radius 2 is 1.83 bits per heavy atom. The molecule has 2 aliphatic heterocycles. The molecule has 2 saturated heterocycles. The van der Waals surface area contributed by atoms with Crippen molar-refractivity contribution >= 4 is 0 Å². The van der Waals surface area contributed by atoms with Crippen molar-refractivity contribution < 1.29 is 24.1 Å². The predicted octanol–water partition coefficient (Wildman–Crippen LogP) is 5.22. The van der Waals surface area contributed by atoms with E-state index in [0.717, 1.165) is 83.8 Å². The Bertz CT molecular complexity index is 802. The summed E-state index contributed by atoms with van der Waals surface area (Å²) in [6.07, 6.45) is 12.7. The standard InChI is InChI=1S/C30H44O5/c1-3-4-5-10-22(2)27(34-29-11-6-8-17-32-29)14-13-25-26-20-23(15-16-31)19-24(26)21-28(25)35-30-12-7-9-18-33-30/h15,22,24-31H,3,6-12,16-21H2,1-2H3/b23-15-/t22?,24-,25+,26-,27+,28+,29?,30?/m0/s1. The van der Waals surface area contributed by atoms with E-state index in [1.165, 1.54) is 5.57 Å². The third-order valence-electron chi connectivity index (χ3n) is 7.94. The molecule has 0 bridgehead atoms. The Hall–Kier alpha value is -1.34. The van der Waals surface area contributed by atoms with E-state index < -0.39 is 0 Å². The minimum absolute atomic E-state index is 0.0954. The van der Waals surface area contributed by atoms with Gasteiger partial charge in [0.2, 0.25) is 0 Å². The third-order valence-corrected chi connectivity index (χ3v) is 7.94. The molecule has 2 heterocycles. The maximum absolute atomic E-state index is 9.42. The summed E-state index contributed by atoms with van der Waals surface area (Å²) in [6, 6.07) is 0. The molecule has 8 atom stereocenters. The lowest BCUT2D eigenvalue weighted by molar-refractivity contribution is -0.192. The zero-order valence-corrected chi connectivity index (χ0v) is 21.7. The van der Waals surface area contributed by atoms with Crippen LogP contribution in [0.25, 0.3) is 0 Å². The fourth-order valence-corrected chi connectivity index (χ4v) is 6.03. The van der Waals surface area contributed by atoms with Gasteiger partial charge in [0.05, 0.1) is 18.6 Å². The Kier molecular flexibility index (Phi) is 10.6. The largest absolute Gasteiger partial charge is 0.392 e. The molecular weight excluding hydrogens is 440 g/mol. The molecule has 2 aliphatic carbocycles. The highest BCUT2D eigenvalue weighted by molar-refractivity contribution is 5.22. The summed E-state index contributed by atoms with van der Waals surface area (Å²) in [5.41, 5.74) is 1.37. The lowest BCUT2D eigenvalue weighted by atomic mass is 9.90. The molecule has 1 N–H and O–H groups in total. The number of rotatable bonds is 7. The highest BCUT2D eigenvalue weighted by Gasteiger charge is 2.47. The normalized spacial score (nSPS) is 35.5. The van der Waals surface area contributed by atoms with Crippen molar-refractivity contribution in [3.05, 3.63) is 11.6 Å². The second-order valence-corrected chi connectivity index (χ2v) is 10.6. The fourth-order valence-electron chi connectivity index (χ4n) is 6.03. The molecule has 4 fully saturated rings. The molecule has 0 aromatic rings. The van der Waals surface area contributed by atoms with E-state index in [-0.39, 0.29) is 43.2 Å². The van der Waals surface area contributed by atoms with Crippen LogP contribution < -0.4 is 0 Å². The average molecular weight is 485 g/mol. The van der Waals surface area contributed by atoms with Gasteiger partial charge in [-0.25, -0.2) is 0 Å². The number of aliphatic hydroxyl groups is 1. The lowest BCUT2D eigenvalue weighted by Crippen LogP contribution is -2.32. The van der Waals surface area contributed by atoms with Gasteiger partial charge in [-0.3, -0.25) is 0 Å². The Balaban J connectivity index is 1.51. The van der Waals surface area contributed by atoms with Gasteiger partial charge < -0.3 is 24.1 Å². The summed E-state index contributed by atoms with van der Waals surface area (Å²) in [7, 11) is 0. The maximum Gasteiger partial charge on any atom is 0.159 e. The molecule has 35 heavy (non-hydrogen) atoms. The molecule has 0 radical (unpaired) electrons. The van der Waals surface area contributed by atoms with Crippen LogP contribution in [0.5, 0.6) is 0 Å². The molecular formula is C30H44O5. The maximum atomic E-state index is 9.42. The van der Waals surface area contributed by atoms with Crippen LogP contribution >= 0.6 is 0 Å². The monoisotopic (exact) mass is 484 g/mol. The number of allylic oxidation sites excluding steroid dienone is 1. The zero-order chi connectivity index (χ0) is 24.5. The molecule has 0 spiro atoms. The summed E-state index contributed by atoms with van der Waals surface area (Å²) in [5, 5.41) is 9.42. The van der Waals surface area contributed by atoms with Gasteiger partial charge in [-0.2, -0.15) is 0 Å². The molecule has 2 saturated carbocycles. The predicted molar refractivity (Wildman–Crippen MR) is 136 cm³/mol. The molecule has 5 heteroatoms. The van der Waals surface area contributed by atoms with Gasteiger partial charge in [0.15, 0.2) is 12.6 Å². The smallest absolute Gasteiger partial charge is 0.159 e. The fraction of sp³-hybridized carbons (Fsp3) is 0.800. The van der Waals surface area contributed by atoms with Crippen LogP contribution in [0.4, 0.5) is 0 Å². The highest BCUT2D eigenvalue weighted by atomic mass is 16.7. The van der Waals surface area contributed by atoms with Crippen LogP contribution in [0.1, 0.15) is 84.5 Å². The first-order chi connectivity index (χ1) is 17.2. The van der Waals surface area contributed by atoms with Crippen LogP contribution in [0.3, 0.4) is 0 Å². The van der Waals surface area contributed by atoms with E-state index in [2.05, 4.69) is 37.5 Å². The van der Waals surface area contributed by atoms with E-state index in [0.29, 0.717) is 11.8 Å². The first-order valence-corrected chi connectivity index (χ1v) is 14.0. The first kappa shape index (κ1) is 26.7. The number of hydrogen-bond acceptors (Lipinski definition) is 5. The zero-order valence-electron chi connectivity index (χ0n) is 21.7.